The Kier molecular flexibility index (Phi) is 2.45. The molecule has 0 saturated heterocycles. The third kappa shape index (κ3) is 1.60. The van der Waals surface area contributed by atoms with E-state index in [0.29, 0.717) is 16.8 Å². The number of fused-ring (bicyclic) bond motifs is 1. The molecule has 0 radical (unpaired) electrons. The first-order chi connectivity index (χ1) is 6.81. The summed E-state index contributed by atoms with van der Waals surface area (Å²) in [5, 5.41) is 0.696. The minimum absolute atomic E-state index is 0.271. The van der Waals surface area contributed by atoms with Gasteiger partial charge in [-0.15, -0.1) is 6.58 Å². The Morgan fingerprint density at radius 3 is 3.21 bits per heavy atom. The summed E-state index contributed by atoms with van der Waals surface area (Å²) in [5.74, 6) is 1.86. The third-order valence-electron chi connectivity index (χ3n) is 1.70. The zero-order chi connectivity index (χ0) is 9.97. The fourth-order valence-corrected chi connectivity index (χ4v) is 1.69. The molecule has 2 rings (SSSR count). The van der Waals surface area contributed by atoms with Gasteiger partial charge < -0.3 is 5.73 Å². The quantitative estimate of drug-likeness (QED) is 0.667. The fraction of sp³-hybridized carbons (Fsp3) is 0.250. The third-order valence-corrected chi connectivity index (χ3v) is 2.56. The number of thioether (sulfide) groups is 1. The molecule has 2 N–H and O–H groups in total. The lowest BCUT2D eigenvalue weighted by molar-refractivity contribution is 1.12. The molecular weight excluding hydrogens is 198 g/mol. The van der Waals surface area contributed by atoms with E-state index in [2.05, 4.69) is 26.5 Å². The summed E-state index contributed by atoms with van der Waals surface area (Å²) in [7, 11) is 0. The number of aliphatic imine (C=N–C) groups is 4. The van der Waals surface area contributed by atoms with Crippen LogP contribution in [0.15, 0.2) is 32.6 Å². The number of hydrogen-bond acceptors (Lipinski definition) is 6. The smallest absolute Gasteiger partial charge is 0.186 e. The zero-order valence-corrected chi connectivity index (χ0v) is 8.24. The molecular formula is C8H9N5S. The molecule has 0 fully saturated rings. The summed E-state index contributed by atoms with van der Waals surface area (Å²) >= 11 is 1.51. The lowest BCUT2D eigenvalue weighted by atomic mass is 10.2. The summed E-state index contributed by atoms with van der Waals surface area (Å²) in [5.41, 5.74) is 5.65. The number of hydrogen-bond donors (Lipinski definition) is 1. The van der Waals surface area contributed by atoms with Gasteiger partial charge in [0, 0.05) is 5.75 Å². The van der Waals surface area contributed by atoms with Crippen molar-refractivity contribution in [3.05, 3.63) is 12.7 Å². The zero-order valence-electron chi connectivity index (χ0n) is 7.42. The van der Waals surface area contributed by atoms with Gasteiger partial charge in [0.2, 0.25) is 0 Å². The summed E-state index contributed by atoms with van der Waals surface area (Å²) in [4.78, 5) is 16.4. The van der Waals surface area contributed by atoms with Crippen LogP contribution in [-0.2, 0) is 0 Å². The van der Waals surface area contributed by atoms with Gasteiger partial charge >= 0.3 is 0 Å². The summed E-state index contributed by atoms with van der Waals surface area (Å²) in [6.07, 6.45) is 3.21. The van der Waals surface area contributed by atoms with Crippen LogP contribution in [-0.4, -0.2) is 35.0 Å². The lowest BCUT2D eigenvalue weighted by Gasteiger charge is -2.08. The van der Waals surface area contributed by atoms with E-state index in [9.17, 15) is 0 Å². The van der Waals surface area contributed by atoms with Gasteiger partial charge in [-0.2, -0.15) is 0 Å². The highest BCUT2D eigenvalue weighted by molar-refractivity contribution is 8.14. The molecule has 1 atom stereocenters. The van der Waals surface area contributed by atoms with Gasteiger partial charge in [0.25, 0.3) is 0 Å². The Hall–Kier alpha value is -1.43. The van der Waals surface area contributed by atoms with E-state index in [1.54, 1.807) is 6.08 Å². The van der Waals surface area contributed by atoms with Gasteiger partial charge in [-0.25, -0.2) is 20.0 Å². The molecule has 14 heavy (non-hydrogen) atoms. The predicted octanol–water partition coefficient (Wildman–Crippen LogP) is 0.441. The van der Waals surface area contributed by atoms with E-state index >= 15 is 0 Å². The van der Waals surface area contributed by atoms with E-state index in [4.69, 9.17) is 5.73 Å². The maximum Gasteiger partial charge on any atom is 0.186 e. The van der Waals surface area contributed by atoms with Crippen LogP contribution in [0.5, 0.6) is 0 Å². The van der Waals surface area contributed by atoms with Gasteiger partial charge in [-0.3, -0.25) is 0 Å². The maximum absolute atomic E-state index is 5.65. The topological polar surface area (TPSA) is 75.5 Å². The number of rotatable bonds is 2. The monoisotopic (exact) mass is 207 g/mol. The average Bonchev–Trinajstić information content (AvgIpc) is 2.59. The van der Waals surface area contributed by atoms with Crippen LogP contribution < -0.4 is 5.73 Å². The summed E-state index contributed by atoms with van der Waals surface area (Å²) in [6.45, 7) is 3.62. The second kappa shape index (κ2) is 3.75. The molecule has 0 aromatic carbocycles. The van der Waals surface area contributed by atoms with Gasteiger partial charge in [-0.05, 0) is 0 Å². The first kappa shape index (κ1) is 9.14. The minimum Gasteiger partial charge on any atom is -0.385 e. The molecule has 0 spiro atoms. The van der Waals surface area contributed by atoms with E-state index in [1.807, 2.05) is 0 Å². The van der Waals surface area contributed by atoms with Crippen molar-refractivity contribution in [1.29, 1.82) is 0 Å². The van der Waals surface area contributed by atoms with E-state index in [0.717, 1.165) is 5.75 Å². The molecule has 72 valence electrons. The van der Waals surface area contributed by atoms with E-state index < -0.39 is 0 Å². The Balaban J connectivity index is 2.15. The highest BCUT2D eigenvalue weighted by Gasteiger charge is 2.27. The molecule has 2 heterocycles. The largest absolute Gasteiger partial charge is 0.385 e. The van der Waals surface area contributed by atoms with Crippen LogP contribution in [0.1, 0.15) is 0 Å². The van der Waals surface area contributed by atoms with Crippen molar-refractivity contribution in [2.45, 2.75) is 6.04 Å². The van der Waals surface area contributed by atoms with Crippen LogP contribution in [0.2, 0.25) is 0 Å². The Morgan fingerprint density at radius 2 is 2.50 bits per heavy atom. The van der Waals surface area contributed by atoms with Crippen LogP contribution in [0.3, 0.4) is 0 Å². The van der Waals surface area contributed by atoms with Crippen LogP contribution in [0, 0.1) is 0 Å². The molecule has 5 nitrogen and oxygen atoms in total. The first-order valence-electron chi connectivity index (χ1n) is 4.07. The molecule has 0 saturated carbocycles. The van der Waals surface area contributed by atoms with Gasteiger partial charge in [0.05, 0.1) is 0 Å². The molecule has 6 heteroatoms. The van der Waals surface area contributed by atoms with Crippen molar-refractivity contribution in [3.8, 4) is 0 Å². The van der Waals surface area contributed by atoms with Gasteiger partial charge in [0.1, 0.15) is 12.2 Å². The average molecular weight is 207 g/mol. The SMILES string of the molecule is C=CCSC1=NC2C(N)=NC=NC2=N1. The lowest BCUT2D eigenvalue weighted by Crippen LogP contribution is -2.34. The Bertz CT molecular complexity index is 379. The summed E-state index contributed by atoms with van der Waals surface area (Å²) in [6, 6.07) is -0.271. The van der Waals surface area contributed by atoms with Crippen molar-refractivity contribution >= 4 is 34.9 Å². The van der Waals surface area contributed by atoms with Gasteiger partial charge in [0.15, 0.2) is 17.0 Å². The second-order valence-corrected chi connectivity index (χ2v) is 3.67. The normalized spacial score (nSPS) is 23.7. The van der Waals surface area contributed by atoms with E-state index in [1.165, 1.54) is 18.1 Å². The van der Waals surface area contributed by atoms with Crippen LogP contribution >= 0.6 is 11.8 Å². The van der Waals surface area contributed by atoms with Crippen LogP contribution in [0.25, 0.3) is 0 Å². The molecule has 0 aliphatic carbocycles. The standard InChI is InChI=1S/C8H9N5S/c1-2-3-14-8-12-5-6(9)10-4-11-7(5)13-8/h2,4-5H,1,3H2,(H2,9,10,11,12,13). The molecule has 0 amide bonds. The molecule has 2 aliphatic rings. The van der Waals surface area contributed by atoms with Crippen molar-refractivity contribution in [2.75, 3.05) is 5.75 Å². The highest BCUT2D eigenvalue weighted by atomic mass is 32.2. The molecule has 1 unspecified atom stereocenters. The molecule has 0 bridgehead atoms. The highest BCUT2D eigenvalue weighted by Crippen LogP contribution is 2.17. The van der Waals surface area contributed by atoms with Crippen LogP contribution in [0.4, 0.5) is 0 Å². The Morgan fingerprint density at radius 1 is 1.64 bits per heavy atom. The fourth-order valence-electron chi connectivity index (χ4n) is 1.08. The second-order valence-electron chi connectivity index (χ2n) is 2.68. The minimum atomic E-state index is -0.271. The van der Waals surface area contributed by atoms with Crippen molar-refractivity contribution in [3.63, 3.8) is 0 Å². The number of amidine groups is 3. The first-order valence-corrected chi connectivity index (χ1v) is 5.05. The van der Waals surface area contributed by atoms with Crippen molar-refractivity contribution < 1.29 is 0 Å². The molecule has 2 aliphatic heterocycles. The number of nitrogens with zero attached hydrogens (tertiary/aromatic N) is 4. The maximum atomic E-state index is 5.65. The summed E-state index contributed by atoms with van der Waals surface area (Å²) < 4.78 is 0. The Labute approximate surface area is 85.6 Å². The van der Waals surface area contributed by atoms with Crippen molar-refractivity contribution in [2.24, 2.45) is 25.7 Å². The van der Waals surface area contributed by atoms with Gasteiger partial charge in [-0.1, -0.05) is 17.8 Å². The van der Waals surface area contributed by atoms with E-state index in [-0.39, 0.29) is 6.04 Å². The molecule has 0 aromatic heterocycles. The predicted molar refractivity (Wildman–Crippen MR) is 61.4 cm³/mol. The van der Waals surface area contributed by atoms with Crippen molar-refractivity contribution in [1.82, 2.24) is 0 Å². The molecule has 0 aromatic rings. The number of nitrogens with two attached hydrogens (primary N) is 1.